The van der Waals surface area contributed by atoms with Gasteiger partial charge in [-0.15, -0.1) is 0 Å². The number of benzene rings is 1. The van der Waals surface area contributed by atoms with Crippen molar-refractivity contribution in [3.63, 3.8) is 0 Å². The summed E-state index contributed by atoms with van der Waals surface area (Å²) >= 11 is -0.637. The third kappa shape index (κ3) is 7.86. The summed E-state index contributed by atoms with van der Waals surface area (Å²) < 4.78 is 0. The molecule has 0 atom stereocenters. The molecule has 0 radical (unpaired) electrons. The van der Waals surface area contributed by atoms with Crippen LogP contribution in [0.4, 0.5) is 0 Å². The van der Waals surface area contributed by atoms with Gasteiger partial charge in [0.2, 0.25) is 0 Å². The van der Waals surface area contributed by atoms with Crippen LogP contribution >= 0.6 is 0 Å². The topological polar surface area (TPSA) is 0 Å². The Hall–Kier alpha value is -0.241. The van der Waals surface area contributed by atoms with Gasteiger partial charge < -0.3 is 0 Å². The number of hydrogen-bond acceptors (Lipinski definition) is 0. The molecule has 0 spiro atoms. The van der Waals surface area contributed by atoms with Crippen LogP contribution in [0.3, 0.4) is 0 Å². The second-order valence-electron chi connectivity index (χ2n) is 3.35. The molecule has 66 valence electrons. The number of hydrogen-bond donors (Lipinski definition) is 0. The third-order valence-corrected chi connectivity index (χ3v) is 1.04. The van der Waals surface area contributed by atoms with Crippen molar-refractivity contribution in [2.24, 2.45) is 0 Å². The van der Waals surface area contributed by atoms with Crippen LogP contribution < -0.4 is 0 Å². The van der Waals surface area contributed by atoms with E-state index in [0.29, 0.717) is 0 Å². The van der Waals surface area contributed by atoms with E-state index in [1.54, 1.807) is 0 Å². The van der Waals surface area contributed by atoms with E-state index >= 15 is 0 Å². The molecular weight excluding hydrogens is 251 g/mol. The molecule has 0 aliphatic rings. The van der Waals surface area contributed by atoms with Crippen LogP contribution in [0.5, 0.6) is 0 Å². The molecule has 0 nitrogen and oxygen atoms in total. The number of rotatable bonds is 1. The van der Waals surface area contributed by atoms with Crippen molar-refractivity contribution >= 4 is 25.8 Å². The zero-order chi connectivity index (χ0) is 9.40. The first-order chi connectivity index (χ1) is 5.66. The van der Waals surface area contributed by atoms with E-state index in [4.69, 9.17) is 0 Å². The van der Waals surface area contributed by atoms with Crippen molar-refractivity contribution in [3.8, 4) is 0 Å². The fourth-order valence-corrected chi connectivity index (χ4v) is 0.589. The van der Waals surface area contributed by atoms with Crippen LogP contribution in [0.2, 0.25) is 14.8 Å². The Kier molecular flexibility index (Phi) is 7.26. The quantitative estimate of drug-likeness (QED) is 0.685. The Morgan fingerprint density at radius 2 is 1.50 bits per heavy atom. The van der Waals surface area contributed by atoms with Crippen molar-refractivity contribution in [3.05, 3.63) is 42.5 Å². The molecule has 1 rings (SSSR count). The Balaban J connectivity index is 0.000000261. The fraction of sp³-hybridized carbons (Fsp3) is 0.273. The van der Waals surface area contributed by atoms with Gasteiger partial charge in [-0.3, -0.25) is 0 Å². The average Bonchev–Trinajstić information content (AvgIpc) is 2.05. The first kappa shape index (κ1) is 11.8. The van der Waals surface area contributed by atoms with Gasteiger partial charge in [-0.05, 0) is 5.56 Å². The van der Waals surface area contributed by atoms with Crippen LogP contribution in [0.15, 0.2) is 36.9 Å². The van der Waals surface area contributed by atoms with Gasteiger partial charge in [0.25, 0.3) is 0 Å². The Morgan fingerprint density at radius 1 is 1.08 bits per heavy atom. The molecular formula is C11H18Sn. The fourth-order valence-electron chi connectivity index (χ4n) is 0.589. The Labute approximate surface area is 83.1 Å². The Bertz CT molecular complexity index is 199. The first-order valence-corrected chi connectivity index (χ1v) is 14.2. The van der Waals surface area contributed by atoms with E-state index in [2.05, 4.69) is 21.4 Å². The summed E-state index contributed by atoms with van der Waals surface area (Å²) in [5, 5.41) is 0. The second-order valence-corrected chi connectivity index (χ2v) is 13.2. The van der Waals surface area contributed by atoms with Crippen molar-refractivity contribution in [1.29, 1.82) is 0 Å². The van der Waals surface area contributed by atoms with Crippen molar-refractivity contribution in [2.45, 2.75) is 14.8 Å². The van der Waals surface area contributed by atoms with Gasteiger partial charge in [0.15, 0.2) is 0 Å². The molecule has 0 saturated heterocycles. The molecule has 1 aromatic carbocycles. The van der Waals surface area contributed by atoms with Crippen LogP contribution in [0, 0.1) is 0 Å². The molecule has 0 bridgehead atoms. The summed E-state index contributed by atoms with van der Waals surface area (Å²) in [7, 11) is 0. The van der Waals surface area contributed by atoms with Crippen LogP contribution in [0.1, 0.15) is 5.56 Å². The Morgan fingerprint density at radius 3 is 1.75 bits per heavy atom. The van der Waals surface area contributed by atoms with Gasteiger partial charge in [0, 0.05) is 0 Å². The SMILES string of the molecule is C=Cc1ccccc1.[CH3][SnH]([CH3])[CH3]. The molecule has 0 aliphatic carbocycles. The van der Waals surface area contributed by atoms with Gasteiger partial charge in [0.1, 0.15) is 0 Å². The average molecular weight is 269 g/mol. The summed E-state index contributed by atoms with van der Waals surface area (Å²) in [5.74, 6) is 0. The molecule has 1 heteroatoms. The monoisotopic (exact) mass is 270 g/mol. The molecule has 0 fully saturated rings. The van der Waals surface area contributed by atoms with E-state index in [1.807, 2.05) is 36.4 Å². The molecule has 0 amide bonds. The summed E-state index contributed by atoms with van der Waals surface area (Å²) in [6, 6.07) is 10.0. The minimum absolute atomic E-state index is 0.637. The molecule has 0 aliphatic heterocycles. The predicted octanol–water partition coefficient (Wildman–Crippen LogP) is 3.43. The van der Waals surface area contributed by atoms with E-state index in [-0.39, 0.29) is 0 Å². The van der Waals surface area contributed by atoms with E-state index in [1.165, 1.54) is 5.56 Å². The van der Waals surface area contributed by atoms with Crippen molar-refractivity contribution < 1.29 is 0 Å². The molecule has 0 saturated carbocycles. The molecule has 1 aromatic rings. The van der Waals surface area contributed by atoms with E-state index in [0.717, 1.165) is 0 Å². The van der Waals surface area contributed by atoms with Gasteiger partial charge in [-0.2, -0.15) is 0 Å². The molecule has 0 aromatic heterocycles. The maximum absolute atomic E-state index is 3.63. The minimum atomic E-state index is -0.637. The predicted molar refractivity (Wildman–Crippen MR) is 61.3 cm³/mol. The van der Waals surface area contributed by atoms with Gasteiger partial charge in [-0.1, -0.05) is 43.0 Å². The molecule has 12 heavy (non-hydrogen) atoms. The van der Waals surface area contributed by atoms with Gasteiger partial charge >= 0.3 is 34.6 Å². The zero-order valence-corrected chi connectivity index (χ0v) is 11.5. The van der Waals surface area contributed by atoms with E-state index in [9.17, 15) is 0 Å². The first-order valence-electron chi connectivity index (χ1n) is 4.34. The summed E-state index contributed by atoms with van der Waals surface area (Å²) in [4.78, 5) is 7.13. The van der Waals surface area contributed by atoms with Crippen molar-refractivity contribution in [2.75, 3.05) is 0 Å². The van der Waals surface area contributed by atoms with Crippen LogP contribution in [-0.2, 0) is 0 Å². The van der Waals surface area contributed by atoms with Crippen molar-refractivity contribution in [1.82, 2.24) is 0 Å². The molecule has 0 heterocycles. The molecule has 0 N–H and O–H groups in total. The molecule has 0 unspecified atom stereocenters. The summed E-state index contributed by atoms with van der Waals surface area (Å²) in [6.07, 6.45) is 1.83. The van der Waals surface area contributed by atoms with Gasteiger partial charge in [-0.25, -0.2) is 0 Å². The second kappa shape index (κ2) is 7.41. The third-order valence-electron chi connectivity index (χ3n) is 1.04. The normalized spacial score (nSPS) is 8.67. The van der Waals surface area contributed by atoms with Crippen LogP contribution in [-0.4, -0.2) is 19.8 Å². The zero-order valence-electron chi connectivity index (χ0n) is 8.25. The summed E-state index contributed by atoms with van der Waals surface area (Å²) in [5.41, 5.74) is 1.17. The van der Waals surface area contributed by atoms with E-state index < -0.39 is 19.8 Å². The maximum atomic E-state index is 3.63. The van der Waals surface area contributed by atoms with Crippen LogP contribution in [0.25, 0.3) is 6.08 Å². The standard InChI is InChI=1S/C8H8.3CH3.Sn.H/c1-2-8-6-4-3-5-7-8;;;;;/h2-7H,1H2;3*1H3;;. The van der Waals surface area contributed by atoms with Gasteiger partial charge in [0.05, 0.1) is 0 Å². The summed E-state index contributed by atoms with van der Waals surface area (Å²) in [6.45, 7) is 3.63.